The number of hydrazone groups is 1. The van der Waals surface area contributed by atoms with Crippen LogP contribution in [0, 0.1) is 6.92 Å². The molecule has 0 saturated heterocycles. The van der Waals surface area contributed by atoms with E-state index >= 15 is 0 Å². The van der Waals surface area contributed by atoms with Crippen molar-refractivity contribution >= 4 is 29.7 Å². The molecule has 0 spiro atoms. The van der Waals surface area contributed by atoms with Gasteiger partial charge < -0.3 is 13.7 Å². The van der Waals surface area contributed by atoms with Gasteiger partial charge in [-0.1, -0.05) is 48.0 Å². The molecule has 194 valence electrons. The highest BCUT2D eigenvalue weighted by atomic mass is 35.5. The predicted octanol–water partition coefficient (Wildman–Crippen LogP) is 6.92. The molecule has 0 fully saturated rings. The van der Waals surface area contributed by atoms with Gasteiger partial charge in [-0.25, -0.2) is 10.2 Å². The Hall–Kier alpha value is -4.88. The van der Waals surface area contributed by atoms with Crippen LogP contribution in [0.4, 0.5) is 0 Å². The van der Waals surface area contributed by atoms with E-state index in [4.69, 9.17) is 20.8 Å². The number of carbonyl (C=O) groups excluding carboxylic acids is 2. The molecule has 1 N–H and O–H groups in total. The summed E-state index contributed by atoms with van der Waals surface area (Å²) < 4.78 is 12.6. The second-order valence-electron chi connectivity index (χ2n) is 8.70. The van der Waals surface area contributed by atoms with Gasteiger partial charge in [0.15, 0.2) is 0 Å². The number of benzene rings is 3. The van der Waals surface area contributed by atoms with Crippen molar-refractivity contribution in [3.05, 3.63) is 125 Å². The number of carbonyl (C=O) groups is 2. The molecule has 5 rings (SSSR count). The second kappa shape index (κ2) is 11.2. The number of methoxy groups -OCH3 is 1. The van der Waals surface area contributed by atoms with Gasteiger partial charge in [0, 0.05) is 22.5 Å². The van der Waals surface area contributed by atoms with Gasteiger partial charge in [0.05, 0.1) is 29.6 Å². The van der Waals surface area contributed by atoms with E-state index in [1.54, 1.807) is 42.5 Å². The SMILES string of the molecule is COC(=O)c1ccc(-c2ccc(/C=N/NC(=O)c3ccc(-n4c(C)ccc4-c4ccccc4)cc3)o2)cc1Cl. The first-order chi connectivity index (χ1) is 18.9. The normalized spacial score (nSPS) is 11.1. The highest BCUT2D eigenvalue weighted by molar-refractivity contribution is 6.33. The summed E-state index contributed by atoms with van der Waals surface area (Å²) in [6, 6.07) is 30.0. The van der Waals surface area contributed by atoms with Crippen LogP contribution in [0.3, 0.4) is 0 Å². The summed E-state index contributed by atoms with van der Waals surface area (Å²) in [7, 11) is 1.30. The van der Waals surface area contributed by atoms with E-state index in [1.807, 2.05) is 37.3 Å². The van der Waals surface area contributed by atoms with Crippen molar-refractivity contribution < 1.29 is 18.7 Å². The first-order valence-corrected chi connectivity index (χ1v) is 12.5. The maximum atomic E-state index is 12.6. The van der Waals surface area contributed by atoms with Crippen molar-refractivity contribution in [3.63, 3.8) is 0 Å². The summed E-state index contributed by atoms with van der Waals surface area (Å²) in [5.74, 6) is 0.112. The van der Waals surface area contributed by atoms with Crippen molar-refractivity contribution in [1.82, 2.24) is 9.99 Å². The average Bonchev–Trinajstić information content (AvgIpc) is 3.60. The van der Waals surface area contributed by atoms with Crippen LogP contribution in [0.5, 0.6) is 0 Å². The van der Waals surface area contributed by atoms with Crippen molar-refractivity contribution in [2.75, 3.05) is 7.11 Å². The molecule has 0 unspecified atom stereocenters. The lowest BCUT2D eigenvalue weighted by molar-refractivity contribution is 0.0600. The molecule has 2 aromatic heterocycles. The van der Waals surface area contributed by atoms with Gasteiger partial charge in [0.25, 0.3) is 5.91 Å². The maximum absolute atomic E-state index is 12.6. The fourth-order valence-electron chi connectivity index (χ4n) is 4.22. The maximum Gasteiger partial charge on any atom is 0.339 e. The molecule has 39 heavy (non-hydrogen) atoms. The molecule has 7 nitrogen and oxygen atoms in total. The summed E-state index contributed by atoms with van der Waals surface area (Å²) in [6.07, 6.45) is 1.41. The topological polar surface area (TPSA) is 85.8 Å². The van der Waals surface area contributed by atoms with Gasteiger partial charge in [-0.05, 0) is 73.2 Å². The van der Waals surface area contributed by atoms with E-state index in [0.29, 0.717) is 22.6 Å². The number of amides is 1. The highest BCUT2D eigenvalue weighted by Crippen LogP contribution is 2.28. The van der Waals surface area contributed by atoms with Gasteiger partial charge in [0.2, 0.25) is 0 Å². The van der Waals surface area contributed by atoms with E-state index in [2.05, 4.69) is 39.4 Å². The molecule has 0 aliphatic rings. The third kappa shape index (κ3) is 5.54. The van der Waals surface area contributed by atoms with Crippen LogP contribution in [0.25, 0.3) is 28.3 Å². The van der Waals surface area contributed by atoms with Gasteiger partial charge in [-0.3, -0.25) is 4.79 Å². The van der Waals surface area contributed by atoms with Crippen molar-refractivity contribution in [2.45, 2.75) is 6.92 Å². The molecule has 0 aliphatic carbocycles. The van der Waals surface area contributed by atoms with E-state index in [1.165, 1.54) is 13.3 Å². The fourth-order valence-corrected chi connectivity index (χ4v) is 4.48. The molecule has 0 bridgehead atoms. The molecule has 3 aromatic carbocycles. The number of esters is 1. The lowest BCUT2D eigenvalue weighted by Crippen LogP contribution is -2.17. The summed E-state index contributed by atoms with van der Waals surface area (Å²) in [5, 5.41) is 4.28. The molecule has 1 amide bonds. The van der Waals surface area contributed by atoms with E-state index < -0.39 is 5.97 Å². The Morgan fingerprint density at radius 1 is 0.923 bits per heavy atom. The third-order valence-electron chi connectivity index (χ3n) is 6.18. The van der Waals surface area contributed by atoms with E-state index in [9.17, 15) is 9.59 Å². The van der Waals surface area contributed by atoms with Crippen molar-refractivity contribution in [1.29, 1.82) is 0 Å². The lowest BCUT2D eigenvalue weighted by atomic mass is 10.1. The Balaban J connectivity index is 1.25. The molecule has 0 radical (unpaired) electrons. The van der Waals surface area contributed by atoms with Crippen molar-refractivity contribution in [2.24, 2.45) is 5.10 Å². The summed E-state index contributed by atoms with van der Waals surface area (Å²) in [4.78, 5) is 24.4. The Bertz CT molecular complexity index is 1670. The number of nitrogens with one attached hydrogen (secondary N) is 1. The first-order valence-electron chi connectivity index (χ1n) is 12.1. The summed E-state index contributed by atoms with van der Waals surface area (Å²) in [6.45, 7) is 2.05. The number of halogens is 1. The molecule has 2 heterocycles. The molecule has 8 heteroatoms. The number of hydrogen-bond acceptors (Lipinski definition) is 5. The average molecular weight is 538 g/mol. The van der Waals surface area contributed by atoms with Gasteiger partial charge in [-0.2, -0.15) is 5.10 Å². The van der Waals surface area contributed by atoms with Crippen LogP contribution in [-0.2, 0) is 4.74 Å². The number of rotatable bonds is 7. The molecule has 5 aromatic rings. The van der Waals surface area contributed by atoms with E-state index in [0.717, 1.165) is 22.6 Å². The predicted molar refractivity (Wildman–Crippen MR) is 151 cm³/mol. The smallest absolute Gasteiger partial charge is 0.339 e. The Labute approximate surface area is 230 Å². The van der Waals surface area contributed by atoms with Gasteiger partial charge in [-0.15, -0.1) is 0 Å². The minimum absolute atomic E-state index is 0.257. The van der Waals surface area contributed by atoms with Gasteiger partial charge in [0.1, 0.15) is 11.5 Å². The zero-order valence-electron chi connectivity index (χ0n) is 21.2. The number of hydrogen-bond donors (Lipinski definition) is 1. The number of aryl methyl sites for hydroxylation is 1. The first kappa shape index (κ1) is 25.8. The van der Waals surface area contributed by atoms with Crippen LogP contribution in [0.1, 0.15) is 32.2 Å². The Morgan fingerprint density at radius 3 is 2.41 bits per heavy atom. The Morgan fingerprint density at radius 2 is 1.69 bits per heavy atom. The number of ether oxygens (including phenoxy) is 1. The second-order valence-corrected chi connectivity index (χ2v) is 9.10. The summed E-state index contributed by atoms with van der Waals surface area (Å²) >= 11 is 6.20. The van der Waals surface area contributed by atoms with Crippen LogP contribution in [0.2, 0.25) is 5.02 Å². The molecular formula is C31H24ClN3O4. The zero-order chi connectivity index (χ0) is 27.4. The van der Waals surface area contributed by atoms with Crippen LogP contribution in [-0.4, -0.2) is 29.8 Å². The van der Waals surface area contributed by atoms with Crippen LogP contribution >= 0.6 is 11.6 Å². The number of aromatic nitrogens is 1. The van der Waals surface area contributed by atoms with E-state index in [-0.39, 0.29) is 16.5 Å². The third-order valence-corrected chi connectivity index (χ3v) is 6.49. The molecule has 0 atom stereocenters. The standard InChI is InChI=1S/C31H24ClN3O4/c1-20-8-16-28(21-6-4-3-5-7-21)35(20)24-12-9-22(10-13-24)30(36)34-33-19-25-14-17-29(39-25)23-11-15-26(27(32)18-23)31(37)38-2/h3-19H,1-2H3,(H,34,36)/b33-19+. The minimum atomic E-state index is -0.513. The number of furan rings is 1. The van der Waals surface area contributed by atoms with Crippen molar-refractivity contribution in [3.8, 4) is 28.3 Å². The van der Waals surface area contributed by atoms with Gasteiger partial charge >= 0.3 is 5.97 Å². The minimum Gasteiger partial charge on any atom is -0.465 e. The number of nitrogens with zero attached hydrogens (tertiary/aromatic N) is 2. The molecule has 0 saturated carbocycles. The fraction of sp³-hybridized carbons (Fsp3) is 0.0645. The highest BCUT2D eigenvalue weighted by Gasteiger charge is 2.14. The molecular weight excluding hydrogens is 514 g/mol. The zero-order valence-corrected chi connectivity index (χ0v) is 22.0. The lowest BCUT2D eigenvalue weighted by Gasteiger charge is -2.12. The summed E-state index contributed by atoms with van der Waals surface area (Å²) in [5.41, 5.74) is 8.20. The monoisotopic (exact) mass is 537 g/mol. The largest absolute Gasteiger partial charge is 0.465 e. The quantitative estimate of drug-likeness (QED) is 0.139. The molecule has 0 aliphatic heterocycles. The Kier molecular flexibility index (Phi) is 7.43. The van der Waals surface area contributed by atoms with Crippen LogP contribution in [0.15, 0.2) is 107 Å². The van der Waals surface area contributed by atoms with Crippen LogP contribution < -0.4 is 5.43 Å².